The van der Waals surface area contributed by atoms with Gasteiger partial charge in [-0.25, -0.2) is 8.42 Å². The molecule has 0 unspecified atom stereocenters. The maximum Gasteiger partial charge on any atom is 0.244 e. The van der Waals surface area contributed by atoms with Crippen molar-refractivity contribution in [1.29, 1.82) is 0 Å². The summed E-state index contributed by atoms with van der Waals surface area (Å²) in [6, 6.07) is 8.24. The highest BCUT2D eigenvalue weighted by Gasteiger charge is 2.33. The van der Waals surface area contributed by atoms with Crippen molar-refractivity contribution in [2.45, 2.75) is 52.2 Å². The van der Waals surface area contributed by atoms with Crippen LogP contribution in [-0.2, 0) is 26.2 Å². The van der Waals surface area contributed by atoms with Gasteiger partial charge in [0.1, 0.15) is 12.6 Å². The van der Waals surface area contributed by atoms with E-state index in [1.807, 2.05) is 20.8 Å². The van der Waals surface area contributed by atoms with Gasteiger partial charge in [-0.05, 0) is 57.5 Å². The maximum absolute atomic E-state index is 13.7. The summed E-state index contributed by atoms with van der Waals surface area (Å²) in [4.78, 5) is 28.2. The lowest BCUT2D eigenvalue weighted by Crippen LogP contribution is -2.55. The van der Waals surface area contributed by atoms with Crippen LogP contribution in [0.25, 0.3) is 0 Å². The van der Waals surface area contributed by atoms with E-state index in [-0.39, 0.29) is 34.6 Å². The monoisotopic (exact) mass is 595 g/mol. The van der Waals surface area contributed by atoms with Gasteiger partial charge in [0.15, 0.2) is 0 Å². The molecule has 1 atom stereocenters. The third-order valence-corrected chi connectivity index (χ3v) is 7.73. The van der Waals surface area contributed by atoms with Gasteiger partial charge in [0, 0.05) is 27.7 Å². The first-order valence-corrected chi connectivity index (χ1v) is 14.4. The zero-order valence-corrected chi connectivity index (χ0v) is 24.5. The number of hydrogen-bond donors (Lipinski definition) is 1. The third kappa shape index (κ3) is 8.15. The molecule has 0 saturated carbocycles. The Balaban J connectivity index is 2.54. The van der Waals surface area contributed by atoms with Gasteiger partial charge in [-0.15, -0.1) is 0 Å². The topological polar surface area (TPSA) is 86.8 Å². The summed E-state index contributed by atoms with van der Waals surface area (Å²) < 4.78 is 26.3. The fourth-order valence-electron chi connectivity index (χ4n) is 3.48. The molecule has 198 valence electrons. The average Bonchev–Trinajstić information content (AvgIpc) is 2.73. The van der Waals surface area contributed by atoms with E-state index in [1.54, 1.807) is 25.1 Å². The van der Waals surface area contributed by atoms with E-state index in [1.165, 1.54) is 23.1 Å². The zero-order chi connectivity index (χ0) is 27.4. The highest BCUT2D eigenvalue weighted by molar-refractivity contribution is 7.92. The van der Waals surface area contributed by atoms with E-state index in [2.05, 4.69) is 5.32 Å². The lowest BCUT2D eigenvalue weighted by atomic mass is 10.1. The number of carbonyl (C=O) groups is 2. The molecule has 0 aliphatic rings. The van der Waals surface area contributed by atoms with Crippen molar-refractivity contribution in [3.63, 3.8) is 0 Å². The van der Waals surface area contributed by atoms with Crippen LogP contribution in [-0.4, -0.2) is 49.5 Å². The number of rotatable bonds is 9. The van der Waals surface area contributed by atoms with Gasteiger partial charge in [-0.3, -0.25) is 13.9 Å². The number of amides is 2. The van der Waals surface area contributed by atoms with Crippen LogP contribution in [0.1, 0.15) is 39.7 Å². The number of sulfonamides is 1. The highest BCUT2D eigenvalue weighted by Crippen LogP contribution is 2.30. The first-order chi connectivity index (χ1) is 16.5. The third-order valence-electron chi connectivity index (χ3n) is 5.14. The van der Waals surface area contributed by atoms with E-state index in [9.17, 15) is 18.0 Å². The van der Waals surface area contributed by atoms with Gasteiger partial charge >= 0.3 is 0 Å². The Morgan fingerprint density at radius 2 is 1.56 bits per heavy atom. The summed E-state index contributed by atoms with van der Waals surface area (Å²) in [7, 11) is -3.92. The second-order valence-corrected chi connectivity index (χ2v) is 12.8. The van der Waals surface area contributed by atoms with Gasteiger partial charge in [0.05, 0.1) is 22.0 Å². The zero-order valence-electron chi connectivity index (χ0n) is 20.6. The molecular weight excluding hydrogens is 568 g/mol. The Morgan fingerprint density at radius 1 is 0.972 bits per heavy atom. The van der Waals surface area contributed by atoms with E-state index < -0.39 is 34.1 Å². The fraction of sp³-hybridized carbons (Fsp3) is 0.417. The number of hydrogen-bond acceptors (Lipinski definition) is 4. The number of halogens is 4. The Bertz CT molecular complexity index is 1210. The van der Waals surface area contributed by atoms with Gasteiger partial charge in [-0.2, -0.15) is 0 Å². The van der Waals surface area contributed by atoms with Crippen molar-refractivity contribution in [2.75, 3.05) is 17.1 Å². The van der Waals surface area contributed by atoms with Crippen molar-refractivity contribution >= 4 is 73.9 Å². The second kappa shape index (κ2) is 12.2. The molecule has 2 aromatic carbocycles. The molecule has 0 aliphatic carbocycles. The van der Waals surface area contributed by atoms with E-state index in [0.29, 0.717) is 15.6 Å². The molecule has 36 heavy (non-hydrogen) atoms. The molecule has 7 nitrogen and oxygen atoms in total. The summed E-state index contributed by atoms with van der Waals surface area (Å²) in [5.41, 5.74) is 0.0416. The summed E-state index contributed by atoms with van der Waals surface area (Å²) in [6.07, 6.45) is 1.24. The molecular formula is C24H29Cl4N3O4S. The van der Waals surface area contributed by atoms with Gasteiger partial charge in [-0.1, -0.05) is 59.4 Å². The lowest BCUT2D eigenvalue weighted by molar-refractivity contribution is -0.141. The molecule has 2 rings (SSSR count). The maximum atomic E-state index is 13.7. The minimum absolute atomic E-state index is 0.105. The number of benzene rings is 2. The number of nitrogens with one attached hydrogen (secondary N) is 1. The molecule has 12 heteroatoms. The van der Waals surface area contributed by atoms with Crippen molar-refractivity contribution in [1.82, 2.24) is 10.2 Å². The number of anilines is 1. The summed E-state index contributed by atoms with van der Waals surface area (Å²) in [5, 5.41) is 3.88. The van der Waals surface area contributed by atoms with Crippen LogP contribution in [0.4, 0.5) is 5.69 Å². The molecule has 0 aliphatic heterocycles. The second-order valence-electron chi connectivity index (χ2n) is 9.25. The van der Waals surface area contributed by atoms with E-state index >= 15 is 0 Å². The Labute approximate surface area is 232 Å². The summed E-state index contributed by atoms with van der Waals surface area (Å²) in [6.45, 7) is 6.54. The Morgan fingerprint density at radius 3 is 2.03 bits per heavy atom. The van der Waals surface area contributed by atoms with Gasteiger partial charge in [0.2, 0.25) is 21.8 Å². The number of nitrogens with zero attached hydrogens (tertiary/aromatic N) is 2. The SMILES string of the molecule is CC[C@@H](C(=O)NC(C)(C)C)N(Cc1c(Cl)cccc1Cl)C(=O)CN(c1ccc(Cl)c(Cl)c1)S(C)(=O)=O. The van der Waals surface area contributed by atoms with Gasteiger partial charge < -0.3 is 10.2 Å². The van der Waals surface area contributed by atoms with Crippen molar-refractivity contribution in [3.8, 4) is 0 Å². The normalized spacial score (nSPS) is 12.7. The Kier molecular flexibility index (Phi) is 10.4. The van der Waals surface area contributed by atoms with Crippen LogP contribution in [0.5, 0.6) is 0 Å². The molecule has 0 saturated heterocycles. The van der Waals surface area contributed by atoms with Crippen molar-refractivity contribution in [3.05, 3.63) is 62.1 Å². The van der Waals surface area contributed by atoms with Crippen molar-refractivity contribution < 1.29 is 18.0 Å². The largest absolute Gasteiger partial charge is 0.350 e. The van der Waals surface area contributed by atoms with Crippen LogP contribution in [0.15, 0.2) is 36.4 Å². The van der Waals surface area contributed by atoms with Crippen LogP contribution >= 0.6 is 46.4 Å². The molecule has 0 spiro atoms. The summed E-state index contributed by atoms with van der Waals surface area (Å²) in [5.74, 6) is -1.01. The Hall–Kier alpha value is -1.71. The highest BCUT2D eigenvalue weighted by atomic mass is 35.5. The lowest BCUT2D eigenvalue weighted by Gasteiger charge is -2.34. The molecule has 2 aromatic rings. The minimum atomic E-state index is -3.92. The standard InChI is InChI=1S/C24H29Cl4N3O4S/c1-6-21(23(33)29-24(2,3)4)30(13-16-17(25)8-7-9-18(16)26)22(32)14-31(36(5,34)35)15-10-11-19(27)20(28)12-15/h7-12,21H,6,13-14H2,1-5H3,(H,29,33)/t21-/m0/s1. The number of carbonyl (C=O) groups excluding carboxylic acids is 2. The molecule has 0 fully saturated rings. The molecule has 0 bridgehead atoms. The molecule has 0 heterocycles. The van der Waals surface area contributed by atoms with Crippen LogP contribution < -0.4 is 9.62 Å². The quantitative estimate of drug-likeness (QED) is 0.397. The van der Waals surface area contributed by atoms with Crippen molar-refractivity contribution in [2.24, 2.45) is 0 Å². The molecule has 0 aromatic heterocycles. The summed E-state index contributed by atoms with van der Waals surface area (Å²) >= 11 is 24.8. The van der Waals surface area contributed by atoms with Gasteiger partial charge in [0.25, 0.3) is 0 Å². The molecule has 0 radical (unpaired) electrons. The predicted molar refractivity (Wildman–Crippen MR) is 148 cm³/mol. The fourth-order valence-corrected chi connectivity index (χ4v) is 5.13. The minimum Gasteiger partial charge on any atom is -0.350 e. The van der Waals surface area contributed by atoms with E-state index in [4.69, 9.17) is 46.4 Å². The predicted octanol–water partition coefficient (Wildman–Crippen LogP) is 5.79. The van der Waals surface area contributed by atoms with E-state index in [0.717, 1.165) is 10.6 Å². The van der Waals surface area contributed by atoms with Crippen LogP contribution in [0, 0.1) is 0 Å². The average molecular weight is 597 g/mol. The molecule has 2 amide bonds. The van der Waals surface area contributed by atoms with Crippen LogP contribution in [0.2, 0.25) is 20.1 Å². The van der Waals surface area contributed by atoms with Crippen LogP contribution in [0.3, 0.4) is 0 Å². The first-order valence-electron chi connectivity index (χ1n) is 11.0. The smallest absolute Gasteiger partial charge is 0.244 e. The molecule has 1 N–H and O–H groups in total. The first kappa shape index (κ1) is 30.5.